The first-order valence-corrected chi connectivity index (χ1v) is 9.17. The van der Waals surface area contributed by atoms with Crippen LogP contribution >= 0.6 is 11.6 Å². The van der Waals surface area contributed by atoms with Gasteiger partial charge in [-0.2, -0.15) is 0 Å². The number of amides is 2. The molecule has 28 heavy (non-hydrogen) atoms. The molecule has 0 atom stereocenters. The van der Waals surface area contributed by atoms with Gasteiger partial charge in [0.05, 0.1) is 28.4 Å². The second-order valence-corrected chi connectivity index (χ2v) is 7.90. The van der Waals surface area contributed by atoms with Crippen molar-refractivity contribution >= 4 is 29.1 Å². The molecule has 3 aliphatic rings. The Balaban J connectivity index is 1.29. The van der Waals surface area contributed by atoms with Gasteiger partial charge >= 0.3 is 6.01 Å². The molecule has 1 aromatic carbocycles. The number of benzene rings is 1. The lowest BCUT2D eigenvalue weighted by atomic mass is 9.41. The predicted octanol–water partition coefficient (Wildman–Crippen LogP) is 2.59. The van der Waals surface area contributed by atoms with Crippen LogP contribution in [-0.4, -0.2) is 34.0 Å². The SMILES string of the molecule is Cc1cc(NC(=O)COC23CC(C(N)=O)(C2)C3)ccc1Oc1ncc(Cl)cn1. The average Bonchev–Trinajstić information content (AvgIpc) is 2.56. The summed E-state index contributed by atoms with van der Waals surface area (Å²) in [6.45, 7) is 1.78. The fourth-order valence-electron chi connectivity index (χ4n) is 3.82. The van der Waals surface area contributed by atoms with E-state index in [-0.39, 0.29) is 30.0 Å². The number of hydrogen-bond acceptors (Lipinski definition) is 6. The largest absolute Gasteiger partial charge is 0.424 e. The zero-order valence-electron chi connectivity index (χ0n) is 15.2. The third kappa shape index (κ3) is 3.41. The van der Waals surface area contributed by atoms with E-state index in [1.54, 1.807) is 18.2 Å². The first-order chi connectivity index (χ1) is 13.3. The molecule has 1 heterocycles. The molecule has 2 amide bonds. The molecule has 3 fully saturated rings. The Hall–Kier alpha value is -2.71. The van der Waals surface area contributed by atoms with E-state index in [1.807, 2.05) is 6.92 Å². The van der Waals surface area contributed by atoms with E-state index in [9.17, 15) is 9.59 Å². The van der Waals surface area contributed by atoms with Gasteiger partial charge in [0, 0.05) is 5.69 Å². The Morgan fingerprint density at radius 3 is 2.54 bits per heavy atom. The molecule has 0 aliphatic heterocycles. The highest BCUT2D eigenvalue weighted by atomic mass is 35.5. The van der Waals surface area contributed by atoms with Gasteiger partial charge in [0.1, 0.15) is 12.4 Å². The predicted molar refractivity (Wildman–Crippen MR) is 101 cm³/mol. The number of rotatable bonds is 7. The molecular weight excluding hydrogens is 384 g/mol. The van der Waals surface area contributed by atoms with Crippen molar-refractivity contribution < 1.29 is 19.1 Å². The van der Waals surface area contributed by atoms with Gasteiger partial charge in [0.2, 0.25) is 11.8 Å². The molecule has 1 aromatic heterocycles. The van der Waals surface area contributed by atoms with Crippen molar-refractivity contribution in [3.05, 3.63) is 41.2 Å². The van der Waals surface area contributed by atoms with E-state index in [0.29, 0.717) is 35.7 Å². The zero-order valence-corrected chi connectivity index (χ0v) is 16.0. The maximum atomic E-state index is 12.2. The van der Waals surface area contributed by atoms with Crippen molar-refractivity contribution in [1.29, 1.82) is 0 Å². The van der Waals surface area contributed by atoms with E-state index in [2.05, 4.69) is 15.3 Å². The van der Waals surface area contributed by atoms with Crippen LogP contribution in [-0.2, 0) is 14.3 Å². The second-order valence-electron chi connectivity index (χ2n) is 7.46. The summed E-state index contributed by atoms with van der Waals surface area (Å²) in [6.07, 6.45) is 4.73. The van der Waals surface area contributed by atoms with Crippen molar-refractivity contribution in [2.24, 2.45) is 11.1 Å². The van der Waals surface area contributed by atoms with Crippen LogP contribution in [0.2, 0.25) is 5.02 Å². The maximum absolute atomic E-state index is 12.2. The lowest BCUT2D eigenvalue weighted by molar-refractivity contribution is -0.269. The van der Waals surface area contributed by atoms with Gasteiger partial charge in [-0.1, -0.05) is 11.6 Å². The monoisotopic (exact) mass is 402 g/mol. The molecule has 0 unspecified atom stereocenters. The van der Waals surface area contributed by atoms with Crippen LogP contribution in [0.4, 0.5) is 5.69 Å². The third-order valence-electron chi connectivity index (χ3n) is 5.27. The Bertz CT molecular complexity index is 928. The summed E-state index contributed by atoms with van der Waals surface area (Å²) in [6, 6.07) is 5.41. The number of nitrogens with zero attached hydrogens (tertiary/aromatic N) is 2. The van der Waals surface area contributed by atoms with Crippen LogP contribution in [0, 0.1) is 12.3 Å². The summed E-state index contributed by atoms with van der Waals surface area (Å²) in [5.41, 5.74) is 6.06. The highest BCUT2D eigenvalue weighted by Gasteiger charge is 2.72. The molecule has 0 spiro atoms. The van der Waals surface area contributed by atoms with Crippen molar-refractivity contribution in [3.8, 4) is 11.8 Å². The highest BCUT2D eigenvalue weighted by molar-refractivity contribution is 6.30. The van der Waals surface area contributed by atoms with Gasteiger partial charge < -0.3 is 20.5 Å². The molecule has 0 saturated heterocycles. The van der Waals surface area contributed by atoms with Crippen molar-refractivity contribution in [1.82, 2.24) is 9.97 Å². The van der Waals surface area contributed by atoms with Crippen LogP contribution in [0.1, 0.15) is 24.8 Å². The lowest BCUT2D eigenvalue weighted by Crippen LogP contribution is -2.72. The molecule has 2 bridgehead atoms. The number of nitrogens with two attached hydrogens (primary N) is 1. The minimum Gasteiger partial charge on any atom is -0.424 e. The molecule has 146 valence electrons. The fourth-order valence-corrected chi connectivity index (χ4v) is 3.92. The number of primary amides is 1. The Morgan fingerprint density at radius 2 is 1.93 bits per heavy atom. The minimum atomic E-state index is -0.392. The topological polar surface area (TPSA) is 116 Å². The number of halogens is 1. The van der Waals surface area contributed by atoms with Gasteiger partial charge in [-0.15, -0.1) is 0 Å². The Morgan fingerprint density at radius 1 is 1.25 bits per heavy atom. The molecule has 0 radical (unpaired) electrons. The Kier molecular flexibility index (Phi) is 4.47. The summed E-state index contributed by atoms with van der Waals surface area (Å²) in [7, 11) is 0. The van der Waals surface area contributed by atoms with Gasteiger partial charge in [0.25, 0.3) is 0 Å². The number of ether oxygens (including phenoxy) is 2. The van der Waals surface area contributed by atoms with E-state index >= 15 is 0 Å². The number of anilines is 1. The number of carbonyl (C=O) groups is 2. The van der Waals surface area contributed by atoms with Crippen LogP contribution in [0.3, 0.4) is 0 Å². The first kappa shape index (κ1) is 18.6. The average molecular weight is 403 g/mol. The highest BCUT2D eigenvalue weighted by Crippen LogP contribution is 2.68. The summed E-state index contributed by atoms with van der Waals surface area (Å²) >= 11 is 5.75. The maximum Gasteiger partial charge on any atom is 0.321 e. The van der Waals surface area contributed by atoms with Crippen molar-refractivity contribution in [2.75, 3.05) is 11.9 Å². The fraction of sp³-hybridized carbons (Fsp3) is 0.368. The normalized spacial score (nSPS) is 24.6. The quantitative estimate of drug-likeness (QED) is 0.735. The molecule has 8 nitrogen and oxygen atoms in total. The molecular formula is C19H19ClN4O4. The summed E-state index contributed by atoms with van der Waals surface area (Å²) in [5.74, 6) is 0.0401. The number of aromatic nitrogens is 2. The number of nitrogens with one attached hydrogen (secondary N) is 1. The lowest BCUT2D eigenvalue weighted by Gasteiger charge is -2.67. The molecule has 9 heteroatoms. The standard InChI is InChI=1S/C19H19ClN4O4/c1-11-4-13(2-3-14(11)28-17-22-5-12(20)6-23-17)24-15(25)7-27-19-8-18(9-19,10-19)16(21)26/h2-6H,7-10H2,1H3,(H2,21,26)(H,24,25). The number of aryl methyl sites for hydroxylation is 1. The number of carbonyl (C=O) groups excluding carboxylic acids is 2. The second kappa shape index (κ2) is 6.72. The summed E-state index contributed by atoms with van der Waals surface area (Å²) in [4.78, 5) is 31.4. The molecule has 3 N–H and O–H groups in total. The number of hydrogen-bond donors (Lipinski definition) is 2. The summed E-state index contributed by atoms with van der Waals surface area (Å²) in [5, 5.41) is 3.22. The van der Waals surface area contributed by atoms with Crippen molar-refractivity contribution in [2.45, 2.75) is 31.8 Å². The van der Waals surface area contributed by atoms with E-state index < -0.39 is 5.41 Å². The van der Waals surface area contributed by atoms with E-state index in [4.69, 9.17) is 26.8 Å². The van der Waals surface area contributed by atoms with Crippen LogP contribution in [0.15, 0.2) is 30.6 Å². The van der Waals surface area contributed by atoms with Crippen LogP contribution < -0.4 is 15.8 Å². The molecule has 2 aromatic rings. The van der Waals surface area contributed by atoms with E-state index in [1.165, 1.54) is 12.4 Å². The molecule has 3 aliphatic carbocycles. The summed E-state index contributed by atoms with van der Waals surface area (Å²) < 4.78 is 11.3. The van der Waals surface area contributed by atoms with Crippen LogP contribution in [0.25, 0.3) is 0 Å². The smallest absolute Gasteiger partial charge is 0.321 e. The van der Waals surface area contributed by atoms with Gasteiger partial charge in [-0.3, -0.25) is 9.59 Å². The minimum absolute atomic E-state index is 0.0647. The molecule has 5 rings (SSSR count). The first-order valence-electron chi connectivity index (χ1n) is 8.79. The zero-order chi connectivity index (χ0) is 19.9. The third-order valence-corrected chi connectivity index (χ3v) is 5.47. The van der Waals surface area contributed by atoms with E-state index in [0.717, 1.165) is 5.56 Å². The van der Waals surface area contributed by atoms with Gasteiger partial charge in [-0.25, -0.2) is 9.97 Å². The van der Waals surface area contributed by atoms with Gasteiger partial charge in [-0.05, 0) is 49.9 Å². The van der Waals surface area contributed by atoms with Gasteiger partial charge in [0.15, 0.2) is 0 Å². The van der Waals surface area contributed by atoms with Crippen molar-refractivity contribution in [3.63, 3.8) is 0 Å². The van der Waals surface area contributed by atoms with Crippen LogP contribution in [0.5, 0.6) is 11.8 Å². The Labute approximate surface area is 166 Å². The molecule has 3 saturated carbocycles.